The molecule has 4 heterocycles. The summed E-state index contributed by atoms with van der Waals surface area (Å²) in [6, 6.07) is 13.9. The number of nitrogens with one attached hydrogen (secondary N) is 2. The molecule has 2 aliphatic heterocycles. The summed E-state index contributed by atoms with van der Waals surface area (Å²) in [6.07, 6.45) is 11.6. The predicted octanol–water partition coefficient (Wildman–Crippen LogP) is 5.61. The number of hydrogen-bond donors (Lipinski definition) is 2. The highest BCUT2D eigenvalue weighted by atomic mass is 32.2. The number of aromatic nitrogens is 4. The minimum absolute atomic E-state index is 0.0982. The van der Waals surface area contributed by atoms with E-state index in [4.69, 9.17) is 0 Å². The first-order valence-corrected chi connectivity index (χ1v) is 18.0. The number of anilines is 1. The molecule has 0 saturated carbocycles. The van der Waals surface area contributed by atoms with Crippen LogP contribution in [0.2, 0.25) is 0 Å². The van der Waals surface area contributed by atoms with Gasteiger partial charge in [0.1, 0.15) is 10.6 Å². The normalized spacial score (nSPS) is 23.1. The number of nitrogens with zero attached hydrogens (tertiary/aromatic N) is 6. The van der Waals surface area contributed by atoms with Crippen molar-refractivity contribution < 1.29 is 14.0 Å². The van der Waals surface area contributed by atoms with E-state index in [1.165, 1.54) is 23.9 Å². The van der Waals surface area contributed by atoms with Crippen molar-refractivity contribution in [2.75, 3.05) is 51.1 Å². The molecule has 3 atom stereocenters. The molecule has 2 saturated heterocycles. The van der Waals surface area contributed by atoms with Gasteiger partial charge in [0.2, 0.25) is 11.8 Å². The number of carbonyl (C=O) groups is 2. The van der Waals surface area contributed by atoms with Gasteiger partial charge in [0.05, 0.1) is 17.8 Å². The van der Waals surface area contributed by atoms with Crippen molar-refractivity contribution in [1.29, 1.82) is 0 Å². The fourth-order valence-electron chi connectivity index (χ4n) is 7.29. The maximum Gasteiger partial charge on any atom is 0.242 e. The molecule has 50 heavy (non-hydrogen) atoms. The van der Waals surface area contributed by atoms with Gasteiger partial charge in [0.15, 0.2) is 5.82 Å². The van der Waals surface area contributed by atoms with E-state index < -0.39 is 4.75 Å². The van der Waals surface area contributed by atoms with Crippen LogP contribution in [-0.2, 0) is 9.59 Å². The van der Waals surface area contributed by atoms with Crippen molar-refractivity contribution in [2.45, 2.75) is 30.6 Å². The molecule has 3 aliphatic rings. The first-order valence-electron chi connectivity index (χ1n) is 17.1. The van der Waals surface area contributed by atoms with Crippen LogP contribution in [0.5, 0.6) is 0 Å². The molecule has 258 valence electrons. The molecule has 2 fully saturated rings. The van der Waals surface area contributed by atoms with Crippen LogP contribution in [0.25, 0.3) is 27.7 Å². The number of carbonyl (C=O) groups excluding carboxylic acids is 2. The van der Waals surface area contributed by atoms with E-state index in [0.717, 1.165) is 53.9 Å². The van der Waals surface area contributed by atoms with Gasteiger partial charge < -0.3 is 10.2 Å². The van der Waals surface area contributed by atoms with E-state index in [-0.39, 0.29) is 30.2 Å². The standard InChI is InChI=1S/C38H41FN8O2S/c1-3-50-38(37(49)42-30-11-12-32-31(23-30)35(44-43-32)27-6-9-29(39)10-7-27)14-19-45(25-38)24-34(48)47-18-5-17-46(20-21-47)33-13-8-28(22-26(33)2)36-40-15-4-16-41-36/h3-4,6-13,15-16,22-23,26,33H,1,5,14,17-21,24-25H2,2H3,(H,42,49)(H,43,44). The van der Waals surface area contributed by atoms with Crippen LogP contribution in [-0.4, -0.2) is 103 Å². The second-order valence-corrected chi connectivity index (χ2v) is 14.6. The van der Waals surface area contributed by atoms with Crippen LogP contribution >= 0.6 is 11.8 Å². The summed E-state index contributed by atoms with van der Waals surface area (Å²) < 4.78 is 12.8. The molecule has 2 N–H and O–H groups in total. The van der Waals surface area contributed by atoms with Gasteiger partial charge in [-0.15, -0.1) is 11.8 Å². The van der Waals surface area contributed by atoms with Crippen LogP contribution < -0.4 is 5.32 Å². The average Bonchev–Trinajstić information content (AvgIpc) is 3.65. The van der Waals surface area contributed by atoms with Crippen LogP contribution in [0.1, 0.15) is 25.6 Å². The Labute approximate surface area is 295 Å². The molecule has 4 aromatic rings. The number of allylic oxidation sites excluding steroid dienone is 2. The second kappa shape index (κ2) is 14.7. The summed E-state index contributed by atoms with van der Waals surface area (Å²) in [5.74, 6) is 0.696. The lowest BCUT2D eigenvalue weighted by Gasteiger charge is -2.34. The Hall–Kier alpha value is -4.65. The highest BCUT2D eigenvalue weighted by Gasteiger charge is 2.45. The molecule has 0 bridgehead atoms. The molecule has 7 rings (SSSR count). The van der Waals surface area contributed by atoms with Gasteiger partial charge in [-0.2, -0.15) is 5.10 Å². The summed E-state index contributed by atoms with van der Waals surface area (Å²) in [7, 11) is 0. The van der Waals surface area contributed by atoms with Crippen molar-refractivity contribution >= 4 is 45.7 Å². The molecule has 2 aromatic heterocycles. The van der Waals surface area contributed by atoms with Crippen LogP contribution in [0.15, 0.2) is 91.1 Å². The third-order valence-electron chi connectivity index (χ3n) is 9.91. The largest absolute Gasteiger partial charge is 0.340 e. The van der Waals surface area contributed by atoms with Crippen LogP contribution in [0.3, 0.4) is 0 Å². The van der Waals surface area contributed by atoms with Gasteiger partial charge >= 0.3 is 0 Å². The monoisotopic (exact) mass is 692 g/mol. The topological polar surface area (TPSA) is 110 Å². The molecule has 3 unspecified atom stereocenters. The second-order valence-electron chi connectivity index (χ2n) is 13.2. The Bertz CT molecular complexity index is 1930. The number of aromatic amines is 1. The molecular weight excluding hydrogens is 652 g/mol. The number of likely N-dealkylation sites (tertiary alicyclic amines) is 1. The zero-order valence-corrected chi connectivity index (χ0v) is 28.9. The first-order chi connectivity index (χ1) is 24.3. The van der Waals surface area contributed by atoms with E-state index >= 15 is 0 Å². The Morgan fingerprint density at radius 1 is 1.10 bits per heavy atom. The van der Waals surface area contributed by atoms with Crippen molar-refractivity contribution in [3.05, 3.63) is 103 Å². The lowest BCUT2D eigenvalue weighted by Crippen LogP contribution is -2.46. The third-order valence-corrected chi connectivity index (χ3v) is 11.1. The number of fused-ring (bicyclic) bond motifs is 1. The molecule has 2 amide bonds. The highest BCUT2D eigenvalue weighted by molar-refractivity contribution is 8.04. The van der Waals surface area contributed by atoms with Gasteiger partial charge in [-0.1, -0.05) is 31.7 Å². The minimum atomic E-state index is -0.774. The van der Waals surface area contributed by atoms with Crippen LogP contribution in [0, 0.1) is 11.7 Å². The summed E-state index contributed by atoms with van der Waals surface area (Å²) >= 11 is 1.41. The first kappa shape index (κ1) is 33.8. The lowest BCUT2D eigenvalue weighted by atomic mass is 9.91. The number of rotatable bonds is 9. The summed E-state index contributed by atoms with van der Waals surface area (Å²) in [5.41, 5.74) is 3.96. The summed E-state index contributed by atoms with van der Waals surface area (Å²) in [4.78, 5) is 42.9. The molecule has 0 radical (unpaired) electrons. The van der Waals surface area contributed by atoms with Crippen molar-refractivity contribution in [3.8, 4) is 11.3 Å². The number of benzene rings is 2. The fourth-order valence-corrected chi connectivity index (χ4v) is 8.24. The predicted molar refractivity (Wildman–Crippen MR) is 197 cm³/mol. The molecule has 0 spiro atoms. The van der Waals surface area contributed by atoms with Crippen LogP contribution in [0.4, 0.5) is 10.1 Å². The van der Waals surface area contributed by atoms with Crippen molar-refractivity contribution in [3.63, 3.8) is 0 Å². The van der Waals surface area contributed by atoms with Gasteiger partial charge in [-0.3, -0.25) is 24.5 Å². The highest BCUT2D eigenvalue weighted by Crippen LogP contribution is 2.38. The summed E-state index contributed by atoms with van der Waals surface area (Å²) in [6.45, 7) is 10.6. The minimum Gasteiger partial charge on any atom is -0.340 e. The Morgan fingerprint density at radius 3 is 2.70 bits per heavy atom. The van der Waals surface area contributed by atoms with Gasteiger partial charge in [0.25, 0.3) is 0 Å². The maximum atomic E-state index is 13.9. The number of amides is 2. The van der Waals surface area contributed by atoms with Gasteiger partial charge in [-0.25, -0.2) is 14.4 Å². The number of thioether (sulfide) groups is 1. The molecule has 1 aliphatic carbocycles. The zero-order valence-electron chi connectivity index (χ0n) is 28.1. The number of H-pyrrole nitrogens is 1. The van der Waals surface area contributed by atoms with E-state index in [0.29, 0.717) is 43.4 Å². The van der Waals surface area contributed by atoms with E-state index in [1.807, 2.05) is 29.2 Å². The van der Waals surface area contributed by atoms with E-state index in [1.54, 1.807) is 29.9 Å². The third kappa shape index (κ3) is 7.14. The molecule has 10 nitrogen and oxygen atoms in total. The fraction of sp³-hybridized carbons (Fsp3) is 0.342. The van der Waals surface area contributed by atoms with Gasteiger partial charge in [-0.05, 0) is 72.7 Å². The van der Waals surface area contributed by atoms with E-state index in [2.05, 4.69) is 67.0 Å². The molecule has 12 heteroatoms. The Morgan fingerprint density at radius 2 is 1.92 bits per heavy atom. The summed E-state index contributed by atoms with van der Waals surface area (Å²) in [5, 5.41) is 13.1. The lowest BCUT2D eigenvalue weighted by molar-refractivity contribution is -0.132. The quantitative estimate of drug-likeness (QED) is 0.233. The van der Waals surface area contributed by atoms with Gasteiger partial charge in [0, 0.05) is 79.9 Å². The maximum absolute atomic E-state index is 13.9. The number of hydrogen-bond acceptors (Lipinski definition) is 8. The van der Waals surface area contributed by atoms with E-state index in [9.17, 15) is 14.0 Å². The smallest absolute Gasteiger partial charge is 0.242 e. The Kier molecular flexibility index (Phi) is 9.93. The zero-order chi connectivity index (χ0) is 34.7. The molecule has 2 aromatic carbocycles. The molecular formula is C38H41FN8O2S. The van der Waals surface area contributed by atoms with Crippen molar-refractivity contribution in [1.82, 2.24) is 34.9 Å². The Balaban J connectivity index is 0.958. The average molecular weight is 693 g/mol. The SMILES string of the molecule is C=CSC1(C(=O)Nc2ccc3[nH]nc(-c4ccc(F)cc4)c3c2)CCN(CC(=O)N2CCCN(C3C=CC(c4ncccn4)=CC3C)CC2)C1. The number of halogens is 1. The van der Waals surface area contributed by atoms with Crippen molar-refractivity contribution in [2.24, 2.45) is 5.92 Å².